The molecule has 0 unspecified atom stereocenters. The highest BCUT2D eigenvalue weighted by molar-refractivity contribution is 14.0. The Morgan fingerprint density at radius 2 is 2.29 bits per heavy atom. The normalized spacial score (nSPS) is 16.9. The van der Waals surface area contributed by atoms with Crippen molar-refractivity contribution in [3.05, 3.63) is 16.1 Å². The lowest BCUT2D eigenvalue weighted by atomic mass is 9.89. The van der Waals surface area contributed by atoms with Crippen LogP contribution in [-0.2, 0) is 11.3 Å². The average Bonchev–Trinajstić information content (AvgIpc) is 2.77. The van der Waals surface area contributed by atoms with Crippen molar-refractivity contribution in [2.24, 2.45) is 10.4 Å². The highest BCUT2D eigenvalue weighted by atomic mass is 127. The largest absolute Gasteiger partial charge is 0.380 e. The van der Waals surface area contributed by atoms with Crippen LogP contribution >= 0.6 is 35.3 Å². The Bertz CT molecular complexity index is 473. The molecule has 7 heteroatoms. The second-order valence-corrected chi connectivity index (χ2v) is 6.75. The summed E-state index contributed by atoms with van der Waals surface area (Å²) in [6.07, 6.45) is 0. The second kappa shape index (κ2) is 8.28. The standard InChI is InChI=1S/C14H24N4OS.HI/c1-5-15-13(16-8-14(3)9-19-10-14)18(4)6-12-7-20-11(2)17-12;/h7H,5-6,8-10H2,1-4H3,(H,15,16);1H. The van der Waals surface area contributed by atoms with Gasteiger partial charge in [0.15, 0.2) is 5.96 Å². The summed E-state index contributed by atoms with van der Waals surface area (Å²) in [7, 11) is 2.05. The van der Waals surface area contributed by atoms with Gasteiger partial charge in [-0.3, -0.25) is 4.99 Å². The summed E-state index contributed by atoms with van der Waals surface area (Å²) >= 11 is 1.69. The minimum Gasteiger partial charge on any atom is -0.380 e. The van der Waals surface area contributed by atoms with Gasteiger partial charge in [0.05, 0.1) is 37.0 Å². The fourth-order valence-corrected chi connectivity index (χ4v) is 2.68. The van der Waals surface area contributed by atoms with Gasteiger partial charge in [-0.1, -0.05) is 6.92 Å². The van der Waals surface area contributed by atoms with Crippen LogP contribution in [0.15, 0.2) is 10.4 Å². The number of halogens is 1. The summed E-state index contributed by atoms with van der Waals surface area (Å²) in [6.45, 7) is 10.4. The summed E-state index contributed by atoms with van der Waals surface area (Å²) in [4.78, 5) is 11.4. The fourth-order valence-electron chi connectivity index (χ4n) is 2.08. The molecule has 0 amide bonds. The van der Waals surface area contributed by atoms with E-state index in [0.29, 0.717) is 0 Å². The zero-order valence-corrected chi connectivity index (χ0v) is 16.3. The maximum Gasteiger partial charge on any atom is 0.194 e. The van der Waals surface area contributed by atoms with Gasteiger partial charge in [-0.25, -0.2) is 4.98 Å². The number of ether oxygens (including phenoxy) is 1. The second-order valence-electron chi connectivity index (χ2n) is 5.69. The van der Waals surface area contributed by atoms with Gasteiger partial charge < -0.3 is 15.0 Å². The van der Waals surface area contributed by atoms with Gasteiger partial charge in [-0.05, 0) is 13.8 Å². The number of rotatable bonds is 5. The Kier molecular flexibility index (Phi) is 7.35. The van der Waals surface area contributed by atoms with Crippen LogP contribution < -0.4 is 5.32 Å². The number of hydrogen-bond donors (Lipinski definition) is 1. The Balaban J connectivity index is 0.00000220. The van der Waals surface area contributed by atoms with Crippen LogP contribution in [0, 0.1) is 12.3 Å². The topological polar surface area (TPSA) is 49.8 Å². The Hall–Kier alpha value is -0.410. The van der Waals surface area contributed by atoms with E-state index in [1.165, 1.54) is 0 Å². The number of guanidine groups is 1. The Labute approximate surface area is 148 Å². The van der Waals surface area contributed by atoms with E-state index in [4.69, 9.17) is 9.73 Å². The van der Waals surface area contributed by atoms with Crippen molar-refractivity contribution >= 4 is 41.3 Å². The number of aryl methyl sites for hydroxylation is 1. The van der Waals surface area contributed by atoms with Crippen molar-refractivity contribution in [1.82, 2.24) is 15.2 Å². The van der Waals surface area contributed by atoms with Crippen LogP contribution in [0.3, 0.4) is 0 Å². The maximum atomic E-state index is 5.28. The van der Waals surface area contributed by atoms with Crippen LogP contribution in [0.5, 0.6) is 0 Å². The first-order valence-electron chi connectivity index (χ1n) is 7.00. The molecule has 5 nitrogen and oxygen atoms in total. The van der Waals surface area contributed by atoms with Gasteiger partial charge in [0.25, 0.3) is 0 Å². The van der Waals surface area contributed by atoms with Crippen molar-refractivity contribution in [3.8, 4) is 0 Å². The molecule has 1 saturated heterocycles. The Morgan fingerprint density at radius 1 is 1.57 bits per heavy atom. The number of aliphatic imine (C=N–C) groups is 1. The van der Waals surface area contributed by atoms with E-state index in [0.717, 1.165) is 49.5 Å². The third kappa shape index (κ3) is 5.37. The van der Waals surface area contributed by atoms with Crippen LogP contribution in [0.25, 0.3) is 0 Å². The predicted octanol–water partition coefficient (Wildman–Crippen LogP) is 2.50. The summed E-state index contributed by atoms with van der Waals surface area (Å²) in [5.74, 6) is 0.936. The molecule has 0 aromatic carbocycles. The fraction of sp³-hybridized carbons (Fsp3) is 0.714. The molecule has 120 valence electrons. The van der Waals surface area contributed by atoms with Crippen LogP contribution in [0.1, 0.15) is 24.5 Å². The molecule has 0 saturated carbocycles. The van der Waals surface area contributed by atoms with Crippen molar-refractivity contribution in [1.29, 1.82) is 0 Å². The van der Waals surface area contributed by atoms with Crippen LogP contribution in [-0.4, -0.2) is 49.2 Å². The average molecular weight is 424 g/mol. The molecule has 2 heterocycles. The zero-order valence-electron chi connectivity index (χ0n) is 13.2. The van der Waals surface area contributed by atoms with Crippen molar-refractivity contribution in [2.45, 2.75) is 27.3 Å². The molecule has 1 fully saturated rings. The molecule has 1 aliphatic heterocycles. The van der Waals surface area contributed by atoms with Crippen LogP contribution in [0.4, 0.5) is 0 Å². The molecule has 1 aromatic heterocycles. The summed E-state index contributed by atoms with van der Waals surface area (Å²) in [5, 5.41) is 6.55. The first-order valence-corrected chi connectivity index (χ1v) is 7.88. The van der Waals surface area contributed by atoms with E-state index in [1.807, 2.05) is 6.92 Å². The molecule has 21 heavy (non-hydrogen) atoms. The molecule has 2 rings (SSSR count). The number of thiazole rings is 1. The lowest BCUT2D eigenvalue weighted by Crippen LogP contribution is -2.44. The summed E-state index contributed by atoms with van der Waals surface area (Å²) in [6, 6.07) is 0. The highest BCUT2D eigenvalue weighted by Gasteiger charge is 2.33. The van der Waals surface area contributed by atoms with E-state index < -0.39 is 0 Å². The summed E-state index contributed by atoms with van der Waals surface area (Å²) in [5.41, 5.74) is 1.30. The third-order valence-corrected chi connectivity index (χ3v) is 4.10. The third-order valence-electron chi connectivity index (χ3n) is 3.27. The number of aromatic nitrogens is 1. The van der Waals surface area contributed by atoms with Crippen molar-refractivity contribution in [3.63, 3.8) is 0 Å². The van der Waals surface area contributed by atoms with Gasteiger partial charge in [-0.2, -0.15) is 0 Å². The van der Waals surface area contributed by atoms with Gasteiger partial charge in [0.2, 0.25) is 0 Å². The molecule has 1 N–H and O–H groups in total. The van der Waals surface area contributed by atoms with Crippen molar-refractivity contribution in [2.75, 3.05) is 33.4 Å². The lowest BCUT2D eigenvalue weighted by molar-refractivity contribution is -0.0946. The Morgan fingerprint density at radius 3 is 2.76 bits per heavy atom. The van der Waals surface area contributed by atoms with Gasteiger partial charge in [0, 0.05) is 24.4 Å². The van der Waals surface area contributed by atoms with Gasteiger partial charge >= 0.3 is 0 Å². The van der Waals surface area contributed by atoms with Crippen LogP contribution in [0.2, 0.25) is 0 Å². The maximum absolute atomic E-state index is 5.28. The predicted molar refractivity (Wildman–Crippen MR) is 98.6 cm³/mol. The molecule has 1 aromatic rings. The monoisotopic (exact) mass is 424 g/mol. The molecular formula is C14H25IN4OS. The van der Waals surface area contributed by atoms with E-state index in [2.05, 4.69) is 41.5 Å². The molecule has 0 aliphatic carbocycles. The van der Waals surface area contributed by atoms with E-state index in [9.17, 15) is 0 Å². The van der Waals surface area contributed by atoms with Gasteiger partial charge in [-0.15, -0.1) is 35.3 Å². The molecule has 0 spiro atoms. The van der Waals surface area contributed by atoms with E-state index in [-0.39, 0.29) is 29.4 Å². The molecule has 0 bridgehead atoms. The van der Waals surface area contributed by atoms with E-state index >= 15 is 0 Å². The molecule has 1 aliphatic rings. The number of hydrogen-bond acceptors (Lipinski definition) is 4. The number of nitrogens with one attached hydrogen (secondary N) is 1. The minimum absolute atomic E-state index is 0. The lowest BCUT2D eigenvalue weighted by Gasteiger charge is -2.37. The number of nitrogens with zero attached hydrogens (tertiary/aromatic N) is 3. The molecule has 0 radical (unpaired) electrons. The first kappa shape index (κ1) is 18.6. The quantitative estimate of drug-likeness (QED) is 0.449. The smallest absolute Gasteiger partial charge is 0.194 e. The SMILES string of the molecule is CCNC(=NCC1(C)COC1)N(C)Cc1csc(C)n1.I. The molecule has 0 atom stereocenters. The highest BCUT2D eigenvalue weighted by Crippen LogP contribution is 2.26. The first-order chi connectivity index (χ1) is 9.52. The van der Waals surface area contributed by atoms with Crippen molar-refractivity contribution < 1.29 is 4.74 Å². The summed E-state index contributed by atoms with van der Waals surface area (Å²) < 4.78 is 5.28. The minimum atomic E-state index is 0. The molecular weight excluding hydrogens is 399 g/mol. The van der Waals surface area contributed by atoms with Gasteiger partial charge in [0.1, 0.15) is 0 Å². The zero-order chi connectivity index (χ0) is 14.6. The van der Waals surface area contributed by atoms with E-state index in [1.54, 1.807) is 11.3 Å².